The van der Waals surface area contributed by atoms with Crippen molar-refractivity contribution in [3.8, 4) is 11.1 Å². The molecule has 0 aromatic heterocycles. The molecule has 0 saturated heterocycles. The Balaban J connectivity index is 0.00000102. The summed E-state index contributed by atoms with van der Waals surface area (Å²) in [6.07, 6.45) is 9.10. The van der Waals surface area contributed by atoms with Crippen LogP contribution in [0.15, 0.2) is 109 Å². The Morgan fingerprint density at radius 2 is 1.30 bits per heavy atom. The van der Waals surface area contributed by atoms with Gasteiger partial charge >= 0.3 is 26.2 Å². The average Bonchev–Trinajstić information content (AvgIpc) is 3.33. The van der Waals surface area contributed by atoms with Crippen molar-refractivity contribution in [3.63, 3.8) is 0 Å². The minimum absolute atomic E-state index is 0. The van der Waals surface area contributed by atoms with E-state index in [0.717, 1.165) is 0 Å². The second kappa shape index (κ2) is 9.88. The van der Waals surface area contributed by atoms with Crippen LogP contribution >= 0.6 is 0 Å². The summed E-state index contributed by atoms with van der Waals surface area (Å²) in [5, 5.41) is 4.45. The summed E-state index contributed by atoms with van der Waals surface area (Å²) in [6, 6.07) is 27.0. The Labute approximate surface area is 228 Å². The van der Waals surface area contributed by atoms with Gasteiger partial charge < -0.3 is 24.8 Å². The first-order valence-electron chi connectivity index (χ1n) is 10.7. The number of hydrogen-bond acceptors (Lipinski definition) is 0. The van der Waals surface area contributed by atoms with Crippen molar-refractivity contribution in [1.29, 1.82) is 0 Å². The van der Waals surface area contributed by atoms with E-state index in [9.17, 15) is 0 Å². The molecular weight excluding hydrogens is 539 g/mol. The van der Waals surface area contributed by atoms with Gasteiger partial charge in [-0.05, 0) is 38.3 Å². The van der Waals surface area contributed by atoms with Crippen molar-refractivity contribution in [1.82, 2.24) is 0 Å². The Kier molecular flexibility index (Phi) is 7.76. The van der Waals surface area contributed by atoms with Crippen LogP contribution in [0.25, 0.3) is 21.9 Å². The maximum Gasteiger partial charge on any atom is 2.00 e. The fraction of sp³-hybridized carbons (Fsp3) is 0.103. The summed E-state index contributed by atoms with van der Waals surface area (Å²) >= 11 is 0. The maximum atomic E-state index is 4.47. The van der Waals surface area contributed by atoms with E-state index in [1.165, 1.54) is 38.3 Å². The molecule has 3 aromatic rings. The zero-order valence-corrected chi connectivity index (χ0v) is 23.4. The predicted octanol–water partition coefficient (Wildman–Crippen LogP) is -0.556. The van der Waals surface area contributed by atoms with Crippen LogP contribution in [0, 0.1) is 5.92 Å². The van der Waals surface area contributed by atoms with Gasteiger partial charge in [-0.25, -0.2) is 0 Å². The van der Waals surface area contributed by atoms with Gasteiger partial charge in [0.05, 0.1) is 0 Å². The summed E-state index contributed by atoms with van der Waals surface area (Å²) in [5.74, 6) is 0.363. The quantitative estimate of drug-likeness (QED) is 0.376. The second-order valence-corrected chi connectivity index (χ2v) is 12.8. The van der Waals surface area contributed by atoms with Crippen molar-refractivity contribution in [2.24, 2.45) is 5.92 Å². The van der Waals surface area contributed by atoms with Crippen LogP contribution in [0.1, 0.15) is 16.7 Å². The van der Waals surface area contributed by atoms with Crippen LogP contribution in [-0.4, -0.2) is 8.07 Å². The van der Waals surface area contributed by atoms with Crippen molar-refractivity contribution in [2.75, 3.05) is 0 Å². The predicted molar refractivity (Wildman–Crippen MR) is 130 cm³/mol. The molecule has 0 N–H and O–H groups in total. The molecular formula is C29H24Cl2SiZr. The van der Waals surface area contributed by atoms with E-state index in [1.54, 1.807) is 5.20 Å². The monoisotopic (exact) mass is 560 g/mol. The molecule has 6 rings (SSSR count). The van der Waals surface area contributed by atoms with Crippen LogP contribution in [0.2, 0.25) is 6.55 Å². The zero-order valence-electron chi connectivity index (χ0n) is 18.4. The molecule has 2 unspecified atom stereocenters. The fourth-order valence-electron chi connectivity index (χ4n) is 6.00. The number of allylic oxidation sites excluding steroid dienone is 4. The van der Waals surface area contributed by atoms with Crippen molar-refractivity contribution >= 4 is 18.8 Å². The van der Waals surface area contributed by atoms with Gasteiger partial charge in [0.15, 0.2) is 0 Å². The molecule has 2 atom stereocenters. The van der Waals surface area contributed by atoms with Gasteiger partial charge in [0, 0.05) is 11.5 Å². The Hall–Kier alpha value is -1.70. The van der Waals surface area contributed by atoms with Crippen molar-refractivity contribution in [2.45, 2.75) is 12.1 Å². The molecule has 0 bridgehead atoms. The molecule has 0 heterocycles. The summed E-state index contributed by atoms with van der Waals surface area (Å²) in [4.78, 5) is 0. The van der Waals surface area contributed by atoms with Gasteiger partial charge in [-0.2, -0.15) is 0 Å². The Bertz CT molecular complexity index is 1360. The zero-order chi connectivity index (χ0) is 20.3. The topological polar surface area (TPSA) is 0 Å². The summed E-state index contributed by atoms with van der Waals surface area (Å²) in [7, 11) is -2.14. The van der Waals surface area contributed by atoms with Crippen LogP contribution in [-0.2, 0) is 26.2 Å². The van der Waals surface area contributed by atoms with Crippen LogP contribution < -0.4 is 35.3 Å². The number of hydrogen-bond donors (Lipinski definition) is 0. The molecule has 162 valence electrons. The van der Waals surface area contributed by atoms with Crippen molar-refractivity contribution < 1.29 is 51.0 Å². The molecule has 0 fully saturated rings. The number of fused-ring (bicyclic) bond motifs is 5. The van der Waals surface area contributed by atoms with Crippen LogP contribution in [0.4, 0.5) is 0 Å². The van der Waals surface area contributed by atoms with E-state index in [0.29, 0.717) is 11.5 Å². The Morgan fingerprint density at radius 3 is 1.91 bits per heavy atom. The van der Waals surface area contributed by atoms with Gasteiger partial charge in [-0.3, -0.25) is 0 Å². The molecule has 33 heavy (non-hydrogen) atoms. The third kappa shape index (κ3) is 3.67. The number of halogens is 2. The van der Waals surface area contributed by atoms with Gasteiger partial charge in [-0.1, -0.05) is 115 Å². The number of rotatable bonds is 3. The van der Waals surface area contributed by atoms with Crippen molar-refractivity contribution in [3.05, 3.63) is 131 Å². The second-order valence-electron chi connectivity index (χ2n) is 8.73. The van der Waals surface area contributed by atoms with Gasteiger partial charge in [-0.15, -0.1) is 6.58 Å². The number of benzene rings is 3. The fourth-order valence-corrected chi connectivity index (χ4v) is 10.3. The molecule has 0 radical (unpaired) electrons. The third-order valence-electron chi connectivity index (χ3n) is 7.30. The SMILES string of the molecule is C=C[Si](C)(C1=c2ccccc2=C2C=CC=CC21)C1c2ccccc2-c2ccccc21.[Cl-].[Cl-].[Zr+2]. The molecule has 3 aliphatic carbocycles. The molecule has 0 amide bonds. The third-order valence-corrected chi connectivity index (χ3v) is 11.7. The molecule has 0 spiro atoms. The molecule has 0 saturated carbocycles. The van der Waals surface area contributed by atoms with E-state index in [1.807, 2.05) is 0 Å². The first-order valence-corrected chi connectivity index (χ1v) is 13.4. The average molecular weight is 563 g/mol. The summed E-state index contributed by atoms with van der Waals surface area (Å²) in [5.41, 5.74) is 9.93. The van der Waals surface area contributed by atoms with E-state index in [2.05, 4.69) is 116 Å². The molecule has 0 nitrogen and oxygen atoms in total. The van der Waals surface area contributed by atoms with E-state index >= 15 is 0 Å². The minimum Gasteiger partial charge on any atom is -1.00 e. The van der Waals surface area contributed by atoms with Crippen LogP contribution in [0.3, 0.4) is 0 Å². The summed E-state index contributed by atoms with van der Waals surface area (Å²) < 4.78 is 0. The normalized spacial score (nSPS) is 18.5. The molecule has 0 aliphatic heterocycles. The molecule has 3 aliphatic rings. The Morgan fingerprint density at radius 1 is 0.758 bits per heavy atom. The standard InChI is InChI=1S/C29H24Si.2ClH.Zr/c1-3-30(2,28-24-16-8-4-12-20(24)21-13-5-9-17-25(21)28)29-26-18-10-6-14-22(26)23-15-7-11-19-27(23)29;;;/h3-19,24,29H,1H2,2H3;2*1H;/q;;;+2/p-2. The molecule has 3 aromatic carbocycles. The largest absolute Gasteiger partial charge is 2.00 e. The minimum atomic E-state index is -2.14. The smallest absolute Gasteiger partial charge is 1.00 e. The van der Waals surface area contributed by atoms with Crippen LogP contribution in [0.5, 0.6) is 0 Å². The van der Waals surface area contributed by atoms with Gasteiger partial charge in [0.1, 0.15) is 8.07 Å². The van der Waals surface area contributed by atoms with E-state index in [-0.39, 0.29) is 51.0 Å². The first-order chi connectivity index (χ1) is 14.7. The maximum absolute atomic E-state index is 4.47. The van der Waals surface area contributed by atoms with Gasteiger partial charge in [0.2, 0.25) is 0 Å². The summed E-state index contributed by atoms with van der Waals surface area (Å²) in [6.45, 7) is 7.00. The van der Waals surface area contributed by atoms with Gasteiger partial charge in [0.25, 0.3) is 0 Å². The van der Waals surface area contributed by atoms with E-state index in [4.69, 9.17) is 0 Å². The first kappa shape index (κ1) is 25.9. The van der Waals surface area contributed by atoms with E-state index < -0.39 is 8.07 Å². The molecule has 4 heteroatoms.